The molecule has 0 radical (unpaired) electrons. The first kappa shape index (κ1) is 17.3. The molecule has 118 valence electrons. The molecule has 0 saturated carbocycles. The molecule has 0 aromatic carbocycles. The number of unbranched alkanes of at least 4 members (excludes halogenated alkanes) is 1. The molecule has 1 unspecified atom stereocenters. The molecule has 0 aromatic heterocycles. The van der Waals surface area contributed by atoms with Gasteiger partial charge in [-0.15, -0.1) is 0 Å². The van der Waals surface area contributed by atoms with Gasteiger partial charge in [0.1, 0.15) is 0 Å². The summed E-state index contributed by atoms with van der Waals surface area (Å²) in [7, 11) is 1.87. The number of likely N-dealkylation sites (tertiary alicyclic amines) is 1. The molecule has 20 heavy (non-hydrogen) atoms. The Kier molecular flexibility index (Phi) is 8.67. The summed E-state index contributed by atoms with van der Waals surface area (Å²) in [6, 6.07) is 0. The summed E-state index contributed by atoms with van der Waals surface area (Å²) in [5.41, 5.74) is 0. The van der Waals surface area contributed by atoms with Gasteiger partial charge in [0.2, 0.25) is 0 Å². The highest BCUT2D eigenvalue weighted by atomic mass is 16.5. The third-order valence-corrected chi connectivity index (χ3v) is 3.77. The number of hydrogen-bond donors (Lipinski definition) is 1. The fourth-order valence-corrected chi connectivity index (χ4v) is 2.80. The Labute approximate surface area is 125 Å². The topological polar surface area (TPSA) is 36.9 Å². The van der Waals surface area contributed by atoms with Gasteiger partial charge in [-0.25, -0.2) is 0 Å². The van der Waals surface area contributed by atoms with Crippen LogP contribution in [0.5, 0.6) is 0 Å². The van der Waals surface area contributed by atoms with E-state index in [1.54, 1.807) is 0 Å². The van der Waals surface area contributed by atoms with Gasteiger partial charge in [-0.2, -0.15) is 0 Å². The smallest absolute Gasteiger partial charge is 0.193 e. The molecule has 1 aliphatic rings. The van der Waals surface area contributed by atoms with Crippen LogP contribution in [0.15, 0.2) is 4.99 Å². The zero-order valence-corrected chi connectivity index (χ0v) is 13.8. The van der Waals surface area contributed by atoms with Gasteiger partial charge in [0.15, 0.2) is 5.96 Å². The molecule has 1 N–H and O–H groups in total. The molecule has 0 amide bonds. The Hall–Kier alpha value is -0.770. The van der Waals surface area contributed by atoms with Crippen LogP contribution in [0.1, 0.15) is 46.5 Å². The summed E-state index contributed by atoms with van der Waals surface area (Å²) < 4.78 is 5.57. The van der Waals surface area contributed by atoms with Crippen molar-refractivity contribution in [2.45, 2.75) is 46.5 Å². The Bertz CT molecular complexity index is 279. The molecule has 0 aliphatic carbocycles. The van der Waals surface area contributed by atoms with Crippen molar-refractivity contribution in [3.63, 3.8) is 0 Å². The molecule has 1 saturated heterocycles. The predicted molar refractivity (Wildman–Crippen MR) is 86.2 cm³/mol. The van der Waals surface area contributed by atoms with Crippen molar-refractivity contribution in [3.8, 4) is 0 Å². The fourth-order valence-electron chi connectivity index (χ4n) is 2.80. The van der Waals surface area contributed by atoms with Crippen LogP contribution in [0.4, 0.5) is 0 Å². The van der Waals surface area contributed by atoms with Crippen molar-refractivity contribution >= 4 is 5.96 Å². The van der Waals surface area contributed by atoms with E-state index in [1.165, 1.54) is 19.3 Å². The van der Waals surface area contributed by atoms with E-state index in [4.69, 9.17) is 4.74 Å². The highest BCUT2D eigenvalue weighted by molar-refractivity contribution is 5.80. The second-order valence-corrected chi connectivity index (χ2v) is 6.17. The zero-order valence-electron chi connectivity index (χ0n) is 13.8. The maximum absolute atomic E-state index is 5.57. The van der Waals surface area contributed by atoms with E-state index in [1.807, 2.05) is 7.05 Å². The maximum Gasteiger partial charge on any atom is 0.193 e. The first-order valence-electron chi connectivity index (χ1n) is 8.20. The van der Waals surface area contributed by atoms with Crippen LogP contribution >= 0.6 is 0 Å². The molecular weight excluding hydrogens is 250 g/mol. The molecule has 1 fully saturated rings. The summed E-state index contributed by atoms with van der Waals surface area (Å²) in [5.74, 6) is 2.66. The van der Waals surface area contributed by atoms with E-state index in [2.05, 4.69) is 36.0 Å². The van der Waals surface area contributed by atoms with Crippen molar-refractivity contribution in [3.05, 3.63) is 0 Å². The molecule has 1 heterocycles. The van der Waals surface area contributed by atoms with Gasteiger partial charge in [0, 0.05) is 33.3 Å². The van der Waals surface area contributed by atoms with E-state index in [9.17, 15) is 0 Å². The van der Waals surface area contributed by atoms with Crippen molar-refractivity contribution in [2.24, 2.45) is 16.8 Å². The van der Waals surface area contributed by atoms with Crippen molar-refractivity contribution in [2.75, 3.05) is 39.9 Å². The van der Waals surface area contributed by atoms with Gasteiger partial charge in [0.05, 0.1) is 6.61 Å². The maximum atomic E-state index is 5.57. The number of aliphatic imine (C=N–C) groups is 1. The van der Waals surface area contributed by atoms with Crippen LogP contribution in [0.3, 0.4) is 0 Å². The summed E-state index contributed by atoms with van der Waals surface area (Å²) >= 11 is 0. The van der Waals surface area contributed by atoms with Gasteiger partial charge >= 0.3 is 0 Å². The minimum atomic E-state index is 0.766. The minimum Gasteiger partial charge on any atom is -0.380 e. The molecule has 4 nitrogen and oxygen atoms in total. The summed E-state index contributed by atoms with van der Waals surface area (Å²) in [5, 5.41) is 3.41. The van der Waals surface area contributed by atoms with E-state index >= 15 is 0 Å². The number of rotatable bonds is 8. The highest BCUT2D eigenvalue weighted by Gasteiger charge is 2.25. The van der Waals surface area contributed by atoms with E-state index in [-0.39, 0.29) is 0 Å². The van der Waals surface area contributed by atoms with Gasteiger partial charge in [-0.05, 0) is 31.1 Å². The van der Waals surface area contributed by atoms with Crippen LogP contribution in [0, 0.1) is 11.8 Å². The molecule has 0 spiro atoms. The average molecular weight is 283 g/mol. The molecule has 1 aliphatic heterocycles. The first-order chi connectivity index (χ1) is 9.67. The lowest BCUT2D eigenvalue weighted by Gasteiger charge is -2.22. The third kappa shape index (κ3) is 6.60. The highest BCUT2D eigenvalue weighted by Crippen LogP contribution is 2.23. The minimum absolute atomic E-state index is 0.766. The first-order valence-corrected chi connectivity index (χ1v) is 8.20. The van der Waals surface area contributed by atoms with Crippen molar-refractivity contribution < 1.29 is 4.74 Å². The van der Waals surface area contributed by atoms with E-state index in [0.29, 0.717) is 0 Å². The summed E-state index contributed by atoms with van der Waals surface area (Å²) in [4.78, 5) is 6.78. The fraction of sp³-hybridized carbons (Fsp3) is 0.938. The van der Waals surface area contributed by atoms with E-state index in [0.717, 1.165) is 57.1 Å². The van der Waals surface area contributed by atoms with Gasteiger partial charge < -0.3 is 15.0 Å². The Morgan fingerprint density at radius 1 is 1.40 bits per heavy atom. The molecule has 0 bridgehead atoms. The van der Waals surface area contributed by atoms with Crippen LogP contribution in [0.2, 0.25) is 0 Å². The van der Waals surface area contributed by atoms with Gasteiger partial charge in [-0.3, -0.25) is 4.99 Å². The normalized spacial score (nSPS) is 19.9. The van der Waals surface area contributed by atoms with Crippen LogP contribution in [-0.4, -0.2) is 50.8 Å². The lowest BCUT2D eigenvalue weighted by molar-refractivity contribution is 0.135. The number of guanidine groups is 1. The summed E-state index contributed by atoms with van der Waals surface area (Å²) in [6.07, 6.45) is 4.97. The van der Waals surface area contributed by atoms with Crippen molar-refractivity contribution in [1.29, 1.82) is 0 Å². The average Bonchev–Trinajstić information content (AvgIpc) is 2.85. The Morgan fingerprint density at radius 3 is 2.85 bits per heavy atom. The quantitative estimate of drug-likeness (QED) is 0.423. The van der Waals surface area contributed by atoms with Crippen molar-refractivity contribution in [1.82, 2.24) is 10.2 Å². The standard InChI is InChI=1S/C16H33N3O/c1-5-6-10-20-11-8-18-16(17-4)19-9-7-15(13-19)12-14(2)3/h14-15H,5-13H2,1-4H3,(H,17,18). The van der Waals surface area contributed by atoms with Gasteiger partial charge in [0.25, 0.3) is 0 Å². The predicted octanol–water partition coefficient (Wildman–Crippen LogP) is 2.75. The number of ether oxygens (including phenoxy) is 1. The zero-order chi connectivity index (χ0) is 14.8. The summed E-state index contributed by atoms with van der Waals surface area (Å²) in [6.45, 7) is 11.6. The SMILES string of the molecule is CCCCOCCNC(=NC)N1CCC(CC(C)C)C1. The third-order valence-electron chi connectivity index (χ3n) is 3.77. The van der Waals surface area contributed by atoms with Gasteiger partial charge in [-0.1, -0.05) is 27.2 Å². The second-order valence-electron chi connectivity index (χ2n) is 6.17. The lowest BCUT2D eigenvalue weighted by atomic mass is 9.97. The Morgan fingerprint density at radius 2 is 2.20 bits per heavy atom. The largest absolute Gasteiger partial charge is 0.380 e. The van der Waals surface area contributed by atoms with Crippen LogP contribution < -0.4 is 5.32 Å². The van der Waals surface area contributed by atoms with E-state index < -0.39 is 0 Å². The molecule has 1 rings (SSSR count). The second kappa shape index (κ2) is 10.0. The number of hydrogen-bond acceptors (Lipinski definition) is 2. The number of nitrogens with one attached hydrogen (secondary N) is 1. The number of nitrogens with zero attached hydrogens (tertiary/aromatic N) is 2. The monoisotopic (exact) mass is 283 g/mol. The lowest BCUT2D eigenvalue weighted by Crippen LogP contribution is -2.41. The van der Waals surface area contributed by atoms with Crippen LogP contribution in [0.25, 0.3) is 0 Å². The van der Waals surface area contributed by atoms with Crippen LogP contribution in [-0.2, 0) is 4.74 Å². The molecule has 4 heteroatoms. The molecule has 0 aromatic rings. The molecule has 1 atom stereocenters. The molecular formula is C16H33N3O. The Balaban J connectivity index is 2.20.